The molecule has 0 aliphatic rings. The van der Waals surface area contributed by atoms with E-state index in [4.69, 9.17) is 5.11 Å². The number of carbonyl (C=O) groups is 2. The molecule has 5 heteroatoms. The number of hydrogen-bond acceptors (Lipinski definition) is 3. The maximum atomic E-state index is 12.0. The highest BCUT2D eigenvalue weighted by Gasteiger charge is 2.26. The number of carboxylic acids is 1. The summed E-state index contributed by atoms with van der Waals surface area (Å²) in [6.07, 6.45) is 2.19. The molecule has 5 nitrogen and oxygen atoms in total. The number of amides is 1. The fourth-order valence-corrected chi connectivity index (χ4v) is 1.62. The minimum Gasteiger partial charge on any atom is -0.480 e. The lowest BCUT2D eigenvalue weighted by atomic mass is 9.99. The van der Waals surface area contributed by atoms with Crippen molar-refractivity contribution in [1.82, 2.24) is 10.3 Å². The van der Waals surface area contributed by atoms with Crippen molar-refractivity contribution in [3.05, 3.63) is 29.6 Å². The molecule has 1 heterocycles. The highest BCUT2D eigenvalue weighted by molar-refractivity contribution is 5.96. The van der Waals surface area contributed by atoms with Crippen molar-refractivity contribution in [2.45, 2.75) is 33.2 Å². The van der Waals surface area contributed by atoms with E-state index in [0.717, 1.165) is 5.56 Å². The van der Waals surface area contributed by atoms with Gasteiger partial charge in [0.05, 0.1) is 0 Å². The molecule has 1 rings (SSSR count). The van der Waals surface area contributed by atoms with Crippen molar-refractivity contribution in [3.8, 4) is 0 Å². The Kier molecular flexibility index (Phi) is 4.83. The third-order valence-corrected chi connectivity index (χ3v) is 2.99. The van der Waals surface area contributed by atoms with Crippen LogP contribution in [0.4, 0.5) is 0 Å². The molecule has 1 aromatic heterocycles. The second-order valence-electron chi connectivity index (χ2n) is 4.34. The summed E-state index contributed by atoms with van der Waals surface area (Å²) in [5.41, 5.74) is 0.996. The number of carbonyl (C=O) groups excluding carboxylic acids is 1. The highest BCUT2D eigenvalue weighted by Crippen LogP contribution is 2.10. The zero-order chi connectivity index (χ0) is 13.7. The van der Waals surface area contributed by atoms with Crippen molar-refractivity contribution in [2.75, 3.05) is 0 Å². The van der Waals surface area contributed by atoms with E-state index in [2.05, 4.69) is 10.3 Å². The molecule has 0 spiro atoms. The second-order valence-corrected chi connectivity index (χ2v) is 4.34. The first-order valence-corrected chi connectivity index (χ1v) is 5.92. The van der Waals surface area contributed by atoms with Crippen LogP contribution in [0.15, 0.2) is 18.3 Å². The maximum Gasteiger partial charge on any atom is 0.326 e. The van der Waals surface area contributed by atoms with Gasteiger partial charge in [-0.3, -0.25) is 9.78 Å². The van der Waals surface area contributed by atoms with Crippen LogP contribution in [0.25, 0.3) is 0 Å². The monoisotopic (exact) mass is 250 g/mol. The summed E-state index contributed by atoms with van der Waals surface area (Å²) in [5, 5.41) is 11.6. The molecular formula is C13H18N2O3. The number of rotatable bonds is 5. The van der Waals surface area contributed by atoms with E-state index in [1.807, 2.05) is 6.92 Å². The Morgan fingerprint density at radius 2 is 2.17 bits per heavy atom. The first kappa shape index (κ1) is 14.2. The number of pyridine rings is 1. The third-order valence-electron chi connectivity index (χ3n) is 2.99. The third kappa shape index (κ3) is 3.29. The fraction of sp³-hybridized carbons (Fsp3) is 0.462. The number of hydrogen-bond donors (Lipinski definition) is 2. The van der Waals surface area contributed by atoms with Gasteiger partial charge in [0.15, 0.2) is 0 Å². The standard InChI is InChI=1S/C13H18N2O3/c1-4-8(2)11(13(17)18)15-12(16)10-9(3)6-5-7-14-10/h5-8,11H,4H2,1-3H3,(H,15,16)(H,17,18)/t8-,11-/m0/s1. The lowest BCUT2D eigenvalue weighted by Gasteiger charge is -2.20. The van der Waals surface area contributed by atoms with Gasteiger partial charge in [-0.1, -0.05) is 26.3 Å². The van der Waals surface area contributed by atoms with E-state index in [1.54, 1.807) is 26.0 Å². The van der Waals surface area contributed by atoms with E-state index >= 15 is 0 Å². The number of aryl methyl sites for hydroxylation is 1. The summed E-state index contributed by atoms with van der Waals surface area (Å²) in [5.74, 6) is -1.59. The molecular weight excluding hydrogens is 232 g/mol. The largest absolute Gasteiger partial charge is 0.480 e. The van der Waals surface area contributed by atoms with Gasteiger partial charge in [-0.2, -0.15) is 0 Å². The van der Waals surface area contributed by atoms with Crippen molar-refractivity contribution in [3.63, 3.8) is 0 Å². The summed E-state index contributed by atoms with van der Waals surface area (Å²) >= 11 is 0. The van der Waals surface area contributed by atoms with Crippen LogP contribution in [0.5, 0.6) is 0 Å². The Balaban J connectivity index is 2.86. The van der Waals surface area contributed by atoms with Gasteiger partial charge in [0.1, 0.15) is 11.7 Å². The van der Waals surface area contributed by atoms with Crippen LogP contribution in [0, 0.1) is 12.8 Å². The Morgan fingerprint density at radius 3 is 2.67 bits per heavy atom. The zero-order valence-electron chi connectivity index (χ0n) is 10.8. The zero-order valence-corrected chi connectivity index (χ0v) is 10.8. The molecule has 0 aromatic carbocycles. The molecule has 0 fully saturated rings. The smallest absolute Gasteiger partial charge is 0.326 e. The quantitative estimate of drug-likeness (QED) is 0.832. The molecule has 0 radical (unpaired) electrons. The van der Waals surface area contributed by atoms with Gasteiger partial charge in [0, 0.05) is 6.20 Å². The van der Waals surface area contributed by atoms with Crippen LogP contribution < -0.4 is 5.32 Å². The molecule has 1 amide bonds. The predicted molar refractivity (Wildman–Crippen MR) is 67.3 cm³/mol. The van der Waals surface area contributed by atoms with Crippen LogP contribution in [0.2, 0.25) is 0 Å². The Bertz CT molecular complexity index is 446. The second kappa shape index (κ2) is 6.14. The summed E-state index contributed by atoms with van der Waals surface area (Å²) < 4.78 is 0. The summed E-state index contributed by atoms with van der Waals surface area (Å²) in [6.45, 7) is 5.45. The van der Waals surface area contributed by atoms with E-state index < -0.39 is 17.9 Å². The number of nitrogens with one attached hydrogen (secondary N) is 1. The van der Waals surface area contributed by atoms with Crippen LogP contribution in [0.3, 0.4) is 0 Å². The van der Waals surface area contributed by atoms with Gasteiger partial charge in [0.2, 0.25) is 0 Å². The molecule has 0 saturated carbocycles. The molecule has 98 valence electrons. The van der Waals surface area contributed by atoms with Crippen molar-refractivity contribution < 1.29 is 14.7 Å². The first-order valence-electron chi connectivity index (χ1n) is 5.92. The molecule has 2 atom stereocenters. The van der Waals surface area contributed by atoms with Gasteiger partial charge in [-0.15, -0.1) is 0 Å². The normalized spacial score (nSPS) is 13.7. The minimum absolute atomic E-state index is 0.129. The molecule has 0 aliphatic carbocycles. The van der Waals surface area contributed by atoms with Crippen molar-refractivity contribution in [2.24, 2.45) is 5.92 Å². The number of carboxylic acid groups (broad SMARTS) is 1. The van der Waals surface area contributed by atoms with Crippen LogP contribution >= 0.6 is 0 Å². The molecule has 0 aliphatic heterocycles. The van der Waals surface area contributed by atoms with Gasteiger partial charge in [0.25, 0.3) is 5.91 Å². The van der Waals surface area contributed by atoms with Crippen molar-refractivity contribution in [1.29, 1.82) is 0 Å². The molecule has 0 unspecified atom stereocenters. The Morgan fingerprint density at radius 1 is 1.50 bits per heavy atom. The SMILES string of the molecule is CC[C@H](C)[C@H](NC(=O)c1ncccc1C)C(=O)O. The fourth-order valence-electron chi connectivity index (χ4n) is 1.62. The van der Waals surface area contributed by atoms with Gasteiger partial charge in [-0.05, 0) is 24.5 Å². The van der Waals surface area contributed by atoms with E-state index in [1.165, 1.54) is 6.20 Å². The van der Waals surface area contributed by atoms with Crippen LogP contribution in [-0.2, 0) is 4.79 Å². The van der Waals surface area contributed by atoms with Crippen LogP contribution in [-0.4, -0.2) is 28.0 Å². The molecule has 2 N–H and O–H groups in total. The first-order chi connectivity index (χ1) is 8.47. The van der Waals surface area contributed by atoms with Gasteiger partial charge >= 0.3 is 5.97 Å². The lowest BCUT2D eigenvalue weighted by molar-refractivity contribution is -0.140. The predicted octanol–water partition coefficient (Wildman–Crippen LogP) is 1.62. The number of aromatic nitrogens is 1. The lowest BCUT2D eigenvalue weighted by Crippen LogP contribution is -2.45. The number of aliphatic carboxylic acids is 1. The minimum atomic E-state index is -1.02. The van der Waals surface area contributed by atoms with Crippen molar-refractivity contribution >= 4 is 11.9 Å². The average molecular weight is 250 g/mol. The highest BCUT2D eigenvalue weighted by atomic mass is 16.4. The molecule has 1 aromatic rings. The number of nitrogens with zero attached hydrogens (tertiary/aromatic N) is 1. The average Bonchev–Trinajstić information content (AvgIpc) is 2.35. The molecule has 0 bridgehead atoms. The van der Waals surface area contributed by atoms with E-state index in [-0.39, 0.29) is 11.6 Å². The van der Waals surface area contributed by atoms with Crippen LogP contribution in [0.1, 0.15) is 36.3 Å². The molecule has 18 heavy (non-hydrogen) atoms. The summed E-state index contributed by atoms with van der Waals surface area (Å²) in [4.78, 5) is 27.1. The van der Waals surface area contributed by atoms with E-state index in [9.17, 15) is 9.59 Å². The summed E-state index contributed by atoms with van der Waals surface area (Å²) in [6, 6.07) is 2.61. The Labute approximate surface area is 106 Å². The Hall–Kier alpha value is -1.91. The molecule has 0 saturated heterocycles. The summed E-state index contributed by atoms with van der Waals surface area (Å²) in [7, 11) is 0. The topological polar surface area (TPSA) is 79.3 Å². The van der Waals surface area contributed by atoms with Gasteiger partial charge in [-0.25, -0.2) is 4.79 Å². The van der Waals surface area contributed by atoms with E-state index in [0.29, 0.717) is 6.42 Å². The maximum absolute atomic E-state index is 12.0. The van der Waals surface area contributed by atoms with Gasteiger partial charge < -0.3 is 10.4 Å².